The highest BCUT2D eigenvalue weighted by Gasteiger charge is 2.08. The summed E-state index contributed by atoms with van der Waals surface area (Å²) in [5, 5.41) is 3.35. The van der Waals surface area contributed by atoms with Gasteiger partial charge in [-0.05, 0) is 32.0 Å². The molecule has 68 valence electrons. The molecule has 0 aliphatic carbocycles. The van der Waals surface area contributed by atoms with Gasteiger partial charge in [-0.15, -0.1) is 11.3 Å². The molecule has 0 aromatic carbocycles. The van der Waals surface area contributed by atoms with Crippen LogP contribution in [0.2, 0.25) is 4.34 Å². The monoisotopic (exact) mass is 203 g/mol. The topological polar surface area (TPSA) is 12.0 Å². The molecule has 12 heavy (non-hydrogen) atoms. The third-order valence-corrected chi connectivity index (χ3v) is 3.55. The van der Waals surface area contributed by atoms with Gasteiger partial charge >= 0.3 is 0 Å². The van der Waals surface area contributed by atoms with Crippen molar-refractivity contribution < 1.29 is 0 Å². The Bertz CT molecular complexity index is 238. The zero-order valence-electron chi connectivity index (χ0n) is 7.65. The molecule has 1 heterocycles. The van der Waals surface area contributed by atoms with Crippen LogP contribution < -0.4 is 5.32 Å². The van der Waals surface area contributed by atoms with E-state index in [0.29, 0.717) is 6.04 Å². The van der Waals surface area contributed by atoms with E-state index in [0.717, 1.165) is 10.9 Å². The van der Waals surface area contributed by atoms with Gasteiger partial charge in [-0.3, -0.25) is 0 Å². The lowest BCUT2D eigenvalue weighted by atomic mass is 10.2. The van der Waals surface area contributed by atoms with Crippen molar-refractivity contribution in [3.05, 3.63) is 20.8 Å². The van der Waals surface area contributed by atoms with Crippen molar-refractivity contribution in [2.75, 3.05) is 6.54 Å². The fraction of sp³-hybridized carbons (Fsp3) is 0.556. The summed E-state index contributed by atoms with van der Waals surface area (Å²) in [7, 11) is 0. The standard InChI is InChI=1S/C9H14ClNS/c1-4-11-7(3)8-5-6(2)9(10)12-8/h5,7,11H,4H2,1-3H3. The maximum Gasteiger partial charge on any atom is 0.0960 e. The fourth-order valence-corrected chi connectivity index (χ4v) is 2.35. The van der Waals surface area contributed by atoms with Gasteiger partial charge in [0, 0.05) is 10.9 Å². The number of nitrogens with one attached hydrogen (secondary N) is 1. The van der Waals surface area contributed by atoms with Gasteiger partial charge in [0.2, 0.25) is 0 Å². The van der Waals surface area contributed by atoms with Crippen molar-refractivity contribution in [3.8, 4) is 0 Å². The summed E-state index contributed by atoms with van der Waals surface area (Å²) in [6, 6.07) is 2.58. The van der Waals surface area contributed by atoms with E-state index in [2.05, 4.69) is 25.2 Å². The van der Waals surface area contributed by atoms with E-state index in [1.807, 2.05) is 6.92 Å². The summed E-state index contributed by atoms with van der Waals surface area (Å²) in [6.45, 7) is 7.31. The number of hydrogen-bond acceptors (Lipinski definition) is 2. The van der Waals surface area contributed by atoms with Crippen LogP contribution in [0.15, 0.2) is 6.07 Å². The van der Waals surface area contributed by atoms with Gasteiger partial charge in [0.15, 0.2) is 0 Å². The van der Waals surface area contributed by atoms with Crippen LogP contribution in [0.1, 0.15) is 30.3 Å². The highest BCUT2D eigenvalue weighted by Crippen LogP contribution is 2.30. The first-order valence-corrected chi connectivity index (χ1v) is 5.33. The minimum atomic E-state index is 0.422. The molecule has 1 N–H and O–H groups in total. The second kappa shape index (κ2) is 4.26. The molecule has 0 saturated carbocycles. The quantitative estimate of drug-likeness (QED) is 0.795. The molecular formula is C9H14ClNS. The van der Waals surface area contributed by atoms with Crippen molar-refractivity contribution in [3.63, 3.8) is 0 Å². The van der Waals surface area contributed by atoms with Crippen LogP contribution in [-0.2, 0) is 0 Å². The van der Waals surface area contributed by atoms with Gasteiger partial charge in [-0.1, -0.05) is 18.5 Å². The maximum atomic E-state index is 5.96. The SMILES string of the molecule is CCNC(C)c1cc(C)c(Cl)s1. The van der Waals surface area contributed by atoms with E-state index in [1.165, 1.54) is 10.4 Å². The first kappa shape index (κ1) is 10.0. The van der Waals surface area contributed by atoms with E-state index in [1.54, 1.807) is 11.3 Å². The van der Waals surface area contributed by atoms with E-state index >= 15 is 0 Å². The van der Waals surface area contributed by atoms with Gasteiger partial charge < -0.3 is 5.32 Å². The van der Waals surface area contributed by atoms with E-state index < -0.39 is 0 Å². The second-order valence-corrected chi connectivity index (χ2v) is 4.57. The highest BCUT2D eigenvalue weighted by molar-refractivity contribution is 7.16. The number of halogens is 1. The van der Waals surface area contributed by atoms with Crippen LogP contribution in [0.4, 0.5) is 0 Å². The molecule has 1 aromatic rings. The van der Waals surface area contributed by atoms with E-state index in [9.17, 15) is 0 Å². The summed E-state index contributed by atoms with van der Waals surface area (Å²) in [5.74, 6) is 0. The van der Waals surface area contributed by atoms with Crippen molar-refractivity contribution in [2.24, 2.45) is 0 Å². The lowest BCUT2D eigenvalue weighted by molar-refractivity contribution is 0.607. The molecular weight excluding hydrogens is 190 g/mol. The van der Waals surface area contributed by atoms with Gasteiger partial charge in [0.1, 0.15) is 0 Å². The molecule has 0 saturated heterocycles. The molecule has 1 aromatic heterocycles. The summed E-state index contributed by atoms with van der Waals surface area (Å²) < 4.78 is 0.912. The molecule has 1 nitrogen and oxygen atoms in total. The van der Waals surface area contributed by atoms with Gasteiger partial charge in [0.25, 0.3) is 0 Å². The van der Waals surface area contributed by atoms with Crippen molar-refractivity contribution >= 4 is 22.9 Å². The molecule has 0 amide bonds. The van der Waals surface area contributed by atoms with Gasteiger partial charge in [-0.2, -0.15) is 0 Å². The Morgan fingerprint density at radius 3 is 2.75 bits per heavy atom. The Balaban J connectivity index is 2.74. The second-order valence-electron chi connectivity index (χ2n) is 2.88. The Hall–Kier alpha value is -0.0500. The largest absolute Gasteiger partial charge is 0.310 e. The van der Waals surface area contributed by atoms with E-state index in [4.69, 9.17) is 11.6 Å². The van der Waals surface area contributed by atoms with Crippen molar-refractivity contribution in [2.45, 2.75) is 26.8 Å². The molecule has 1 unspecified atom stereocenters. The lowest BCUT2D eigenvalue weighted by Crippen LogP contribution is -2.16. The Morgan fingerprint density at radius 2 is 2.33 bits per heavy atom. The van der Waals surface area contributed by atoms with E-state index in [-0.39, 0.29) is 0 Å². The first-order chi connectivity index (χ1) is 5.65. The molecule has 0 aliphatic rings. The normalized spacial score (nSPS) is 13.3. The van der Waals surface area contributed by atoms with Gasteiger partial charge in [-0.25, -0.2) is 0 Å². The number of thiophene rings is 1. The number of hydrogen-bond donors (Lipinski definition) is 1. The fourth-order valence-electron chi connectivity index (χ4n) is 1.10. The average Bonchev–Trinajstić information content (AvgIpc) is 2.33. The molecule has 3 heteroatoms. The number of aryl methyl sites for hydroxylation is 1. The minimum absolute atomic E-state index is 0.422. The third kappa shape index (κ3) is 2.22. The predicted octanol–water partition coefficient (Wildman–Crippen LogP) is 3.38. The zero-order valence-corrected chi connectivity index (χ0v) is 9.22. The molecule has 0 radical (unpaired) electrons. The molecule has 0 fully saturated rings. The van der Waals surface area contributed by atoms with Crippen molar-refractivity contribution in [1.29, 1.82) is 0 Å². The third-order valence-electron chi connectivity index (χ3n) is 1.81. The van der Waals surface area contributed by atoms with Crippen LogP contribution in [0.3, 0.4) is 0 Å². The van der Waals surface area contributed by atoms with Crippen LogP contribution in [0.5, 0.6) is 0 Å². The van der Waals surface area contributed by atoms with Crippen LogP contribution in [0, 0.1) is 6.92 Å². The molecule has 0 bridgehead atoms. The molecule has 0 spiro atoms. The van der Waals surface area contributed by atoms with Crippen molar-refractivity contribution in [1.82, 2.24) is 5.32 Å². The lowest BCUT2D eigenvalue weighted by Gasteiger charge is -2.08. The Morgan fingerprint density at radius 1 is 1.67 bits per heavy atom. The highest BCUT2D eigenvalue weighted by atomic mass is 35.5. The predicted molar refractivity (Wildman–Crippen MR) is 56.2 cm³/mol. The average molecular weight is 204 g/mol. The molecule has 1 atom stereocenters. The summed E-state index contributed by atoms with van der Waals surface area (Å²) >= 11 is 7.63. The first-order valence-electron chi connectivity index (χ1n) is 4.14. The smallest absolute Gasteiger partial charge is 0.0960 e. The summed E-state index contributed by atoms with van der Waals surface area (Å²) in [4.78, 5) is 1.32. The zero-order chi connectivity index (χ0) is 9.14. The molecule has 1 rings (SSSR count). The van der Waals surface area contributed by atoms with Crippen LogP contribution in [-0.4, -0.2) is 6.54 Å². The summed E-state index contributed by atoms with van der Waals surface area (Å²) in [5.41, 5.74) is 1.18. The van der Waals surface area contributed by atoms with Crippen LogP contribution >= 0.6 is 22.9 Å². The minimum Gasteiger partial charge on any atom is -0.310 e. The summed E-state index contributed by atoms with van der Waals surface area (Å²) in [6.07, 6.45) is 0. The Kier molecular flexibility index (Phi) is 3.56. The Labute approximate surface area is 82.7 Å². The van der Waals surface area contributed by atoms with Gasteiger partial charge in [0.05, 0.1) is 4.34 Å². The molecule has 0 aliphatic heterocycles. The van der Waals surface area contributed by atoms with Crippen LogP contribution in [0.25, 0.3) is 0 Å². The number of rotatable bonds is 3. The maximum absolute atomic E-state index is 5.96.